The Bertz CT molecular complexity index is 775. The zero-order valence-corrected chi connectivity index (χ0v) is 15.9. The highest BCUT2D eigenvalue weighted by atomic mass is 32.1. The van der Waals surface area contributed by atoms with Gasteiger partial charge in [0.05, 0.1) is 12.8 Å². The number of amides is 1. The van der Waals surface area contributed by atoms with E-state index in [1.807, 2.05) is 19.1 Å². The van der Waals surface area contributed by atoms with Gasteiger partial charge in [-0.2, -0.15) is 0 Å². The number of aryl methyl sites for hydroxylation is 2. The summed E-state index contributed by atoms with van der Waals surface area (Å²) in [6, 6.07) is 9.06. The number of methoxy groups -OCH3 is 1. The maximum absolute atomic E-state index is 12.5. The van der Waals surface area contributed by atoms with E-state index in [-0.39, 0.29) is 5.91 Å². The summed E-state index contributed by atoms with van der Waals surface area (Å²) < 4.78 is 10.7. The molecule has 1 amide bonds. The first-order valence-electron chi connectivity index (χ1n) is 8.88. The van der Waals surface area contributed by atoms with E-state index in [0.29, 0.717) is 22.7 Å². The summed E-state index contributed by atoms with van der Waals surface area (Å²) in [6.45, 7) is 1.82. The smallest absolute Gasteiger partial charge is 0.349 e. The Morgan fingerprint density at radius 1 is 1.23 bits per heavy atom. The van der Waals surface area contributed by atoms with Crippen LogP contribution in [-0.4, -0.2) is 25.1 Å². The van der Waals surface area contributed by atoms with Crippen molar-refractivity contribution in [2.75, 3.05) is 12.4 Å². The average molecular weight is 373 g/mol. The molecular formula is C20H23NO4S. The Balaban J connectivity index is 1.67. The lowest BCUT2D eigenvalue weighted by Crippen LogP contribution is -2.32. The molecule has 1 unspecified atom stereocenters. The van der Waals surface area contributed by atoms with Gasteiger partial charge in [-0.3, -0.25) is 4.79 Å². The average Bonchev–Trinajstić information content (AvgIpc) is 3.10. The number of fused-ring (bicyclic) bond motifs is 1. The Morgan fingerprint density at radius 3 is 2.73 bits per heavy atom. The summed E-state index contributed by atoms with van der Waals surface area (Å²) in [5, 5.41) is 2.78. The van der Waals surface area contributed by atoms with Gasteiger partial charge >= 0.3 is 5.97 Å². The minimum Gasteiger partial charge on any atom is -0.495 e. The fourth-order valence-electron chi connectivity index (χ4n) is 3.06. The van der Waals surface area contributed by atoms with Crippen molar-refractivity contribution in [2.45, 2.75) is 45.1 Å². The van der Waals surface area contributed by atoms with Crippen LogP contribution >= 0.6 is 11.3 Å². The van der Waals surface area contributed by atoms with Gasteiger partial charge in [0.2, 0.25) is 0 Å². The number of esters is 1. The van der Waals surface area contributed by atoms with E-state index >= 15 is 0 Å². The standard InChI is InChI=1S/C20H23NO4S/c1-3-15(19(22)21-14-9-5-6-10-16(14)24-2)25-20(23)18-12-13-8-4-7-11-17(13)26-18/h5-6,9-10,12,15H,3-4,7-8,11H2,1-2H3,(H,21,22). The number of anilines is 1. The van der Waals surface area contributed by atoms with Crippen LogP contribution in [0.4, 0.5) is 5.69 Å². The number of hydrogen-bond acceptors (Lipinski definition) is 5. The number of benzene rings is 1. The predicted molar refractivity (Wildman–Crippen MR) is 102 cm³/mol. The van der Waals surface area contributed by atoms with Crippen molar-refractivity contribution in [3.8, 4) is 5.75 Å². The van der Waals surface area contributed by atoms with Crippen molar-refractivity contribution in [1.29, 1.82) is 0 Å². The highest BCUT2D eigenvalue weighted by Crippen LogP contribution is 2.30. The summed E-state index contributed by atoms with van der Waals surface area (Å²) >= 11 is 1.49. The van der Waals surface area contributed by atoms with Gasteiger partial charge in [-0.25, -0.2) is 4.79 Å². The van der Waals surface area contributed by atoms with Crippen LogP contribution < -0.4 is 10.1 Å². The largest absolute Gasteiger partial charge is 0.495 e. The molecule has 2 aromatic rings. The molecule has 1 aliphatic carbocycles. The number of carbonyl (C=O) groups is 2. The van der Waals surface area contributed by atoms with Crippen LogP contribution in [-0.2, 0) is 22.4 Å². The van der Waals surface area contributed by atoms with Gasteiger partial charge in [-0.1, -0.05) is 19.1 Å². The molecular weight excluding hydrogens is 350 g/mol. The summed E-state index contributed by atoms with van der Waals surface area (Å²) in [5.41, 5.74) is 1.81. The third-order valence-electron chi connectivity index (χ3n) is 4.48. The molecule has 1 aromatic heterocycles. The lowest BCUT2D eigenvalue weighted by atomic mass is 9.99. The van der Waals surface area contributed by atoms with Gasteiger partial charge < -0.3 is 14.8 Å². The quantitative estimate of drug-likeness (QED) is 0.771. The van der Waals surface area contributed by atoms with Gasteiger partial charge in [0.1, 0.15) is 10.6 Å². The minimum absolute atomic E-state index is 0.355. The molecule has 26 heavy (non-hydrogen) atoms. The van der Waals surface area contributed by atoms with E-state index in [9.17, 15) is 9.59 Å². The van der Waals surface area contributed by atoms with Crippen molar-refractivity contribution >= 4 is 28.9 Å². The van der Waals surface area contributed by atoms with E-state index in [1.165, 1.54) is 28.2 Å². The van der Waals surface area contributed by atoms with Crippen LogP contribution in [0.1, 0.15) is 46.3 Å². The highest BCUT2D eigenvalue weighted by molar-refractivity contribution is 7.14. The van der Waals surface area contributed by atoms with E-state index in [1.54, 1.807) is 25.3 Å². The molecule has 0 saturated heterocycles. The first-order chi connectivity index (χ1) is 12.6. The first kappa shape index (κ1) is 18.5. The predicted octanol–water partition coefficient (Wildman–Crippen LogP) is 4.21. The molecule has 0 spiro atoms. The number of para-hydroxylation sites is 2. The Morgan fingerprint density at radius 2 is 2.00 bits per heavy atom. The molecule has 0 aliphatic heterocycles. The normalized spacial score (nSPS) is 14.2. The molecule has 0 bridgehead atoms. The Kier molecular flexibility index (Phi) is 5.93. The van der Waals surface area contributed by atoms with E-state index in [4.69, 9.17) is 9.47 Å². The molecule has 0 saturated carbocycles. The number of hydrogen-bond donors (Lipinski definition) is 1. The molecule has 5 nitrogen and oxygen atoms in total. The summed E-state index contributed by atoms with van der Waals surface area (Å²) in [6.07, 6.45) is 3.94. The third kappa shape index (κ3) is 4.07. The van der Waals surface area contributed by atoms with Crippen LogP contribution in [0.15, 0.2) is 30.3 Å². The van der Waals surface area contributed by atoms with Crippen molar-refractivity contribution in [2.24, 2.45) is 0 Å². The lowest BCUT2D eigenvalue weighted by molar-refractivity contribution is -0.124. The SMILES string of the molecule is CCC(OC(=O)c1cc2c(s1)CCCC2)C(=O)Nc1ccccc1OC. The first-order valence-corrected chi connectivity index (χ1v) is 9.70. The van der Waals surface area contributed by atoms with Crippen molar-refractivity contribution in [1.82, 2.24) is 0 Å². The van der Waals surface area contributed by atoms with Gasteiger partial charge in [-0.05, 0) is 55.9 Å². The second-order valence-corrected chi connectivity index (χ2v) is 7.39. The van der Waals surface area contributed by atoms with Gasteiger partial charge in [0, 0.05) is 4.88 Å². The fraction of sp³-hybridized carbons (Fsp3) is 0.400. The molecule has 6 heteroatoms. The molecule has 1 atom stereocenters. The fourth-order valence-corrected chi connectivity index (χ4v) is 4.20. The maximum atomic E-state index is 12.5. The summed E-state index contributed by atoms with van der Waals surface area (Å²) in [7, 11) is 1.54. The molecule has 1 N–H and O–H groups in total. The van der Waals surface area contributed by atoms with Crippen LogP contribution in [0.2, 0.25) is 0 Å². The van der Waals surface area contributed by atoms with Crippen molar-refractivity contribution < 1.29 is 19.1 Å². The van der Waals surface area contributed by atoms with Gasteiger partial charge in [0.25, 0.3) is 5.91 Å². The van der Waals surface area contributed by atoms with Gasteiger partial charge in [-0.15, -0.1) is 11.3 Å². The zero-order valence-electron chi connectivity index (χ0n) is 15.0. The zero-order chi connectivity index (χ0) is 18.5. The van der Waals surface area contributed by atoms with Crippen LogP contribution in [0.25, 0.3) is 0 Å². The summed E-state index contributed by atoms with van der Waals surface area (Å²) in [5.74, 6) is -0.217. The second kappa shape index (κ2) is 8.36. The topological polar surface area (TPSA) is 64.6 Å². The Labute approximate surface area is 157 Å². The highest BCUT2D eigenvalue weighted by Gasteiger charge is 2.25. The number of rotatable bonds is 6. The van der Waals surface area contributed by atoms with E-state index in [0.717, 1.165) is 19.3 Å². The molecule has 3 rings (SSSR count). The molecule has 0 fully saturated rings. The van der Waals surface area contributed by atoms with Crippen LogP contribution in [0, 0.1) is 0 Å². The number of carbonyl (C=O) groups excluding carboxylic acids is 2. The second-order valence-electron chi connectivity index (χ2n) is 6.26. The molecule has 0 radical (unpaired) electrons. The van der Waals surface area contributed by atoms with Crippen molar-refractivity contribution in [3.05, 3.63) is 45.6 Å². The van der Waals surface area contributed by atoms with Gasteiger partial charge in [0.15, 0.2) is 6.10 Å². The maximum Gasteiger partial charge on any atom is 0.349 e. The number of ether oxygens (including phenoxy) is 2. The lowest BCUT2D eigenvalue weighted by Gasteiger charge is -2.16. The van der Waals surface area contributed by atoms with Crippen LogP contribution in [0.5, 0.6) is 5.75 Å². The molecule has 1 heterocycles. The molecule has 1 aromatic carbocycles. The number of thiophene rings is 1. The minimum atomic E-state index is -0.841. The molecule has 1 aliphatic rings. The molecule has 138 valence electrons. The van der Waals surface area contributed by atoms with E-state index in [2.05, 4.69) is 5.32 Å². The van der Waals surface area contributed by atoms with Crippen molar-refractivity contribution in [3.63, 3.8) is 0 Å². The van der Waals surface area contributed by atoms with Crippen LogP contribution in [0.3, 0.4) is 0 Å². The van der Waals surface area contributed by atoms with E-state index < -0.39 is 12.1 Å². The Hall–Kier alpha value is -2.34. The monoisotopic (exact) mass is 373 g/mol. The summed E-state index contributed by atoms with van der Waals surface area (Å²) in [4.78, 5) is 26.9. The number of nitrogens with one attached hydrogen (secondary N) is 1. The third-order valence-corrected chi connectivity index (χ3v) is 5.69.